The average Bonchev–Trinajstić information content (AvgIpc) is 3.78. The SMILES string of the molecule is COc1c(O)c(O)c(CO)c(C2CC(O)C3CCC(c4ccc(O)c(C5CC(C)CCC5C5(O)C=CC6CCCCC6(c6ccccc6)C5)c4)CC3O2)c1Cc1cc[nH]c1. The number of benzene rings is 3. The van der Waals surface area contributed by atoms with E-state index in [0.717, 1.165) is 68.1 Å². The van der Waals surface area contributed by atoms with E-state index in [1.807, 2.05) is 30.6 Å². The van der Waals surface area contributed by atoms with Gasteiger partial charge in [0.05, 0.1) is 37.6 Å². The molecule has 60 heavy (non-hydrogen) atoms. The Kier molecular flexibility index (Phi) is 11.3. The van der Waals surface area contributed by atoms with E-state index in [1.165, 1.54) is 19.1 Å². The van der Waals surface area contributed by atoms with Crippen LogP contribution in [0.4, 0.5) is 0 Å². The number of aromatic nitrogens is 1. The molecule has 1 aromatic heterocycles. The highest BCUT2D eigenvalue weighted by molar-refractivity contribution is 5.64. The zero-order valence-electron chi connectivity index (χ0n) is 35.1. The van der Waals surface area contributed by atoms with Gasteiger partial charge >= 0.3 is 0 Å². The molecule has 9 rings (SSSR count). The van der Waals surface area contributed by atoms with Crippen molar-refractivity contribution in [2.75, 3.05) is 7.11 Å². The lowest BCUT2D eigenvalue weighted by Crippen LogP contribution is -2.53. The number of aliphatic hydroxyl groups is 3. The molecule has 9 nitrogen and oxygen atoms in total. The number of fused-ring (bicyclic) bond motifs is 2. The molecule has 0 bridgehead atoms. The molecule has 0 spiro atoms. The third kappa shape index (κ3) is 7.23. The maximum Gasteiger partial charge on any atom is 0.201 e. The molecule has 4 aliphatic carbocycles. The van der Waals surface area contributed by atoms with Crippen LogP contribution in [0.1, 0.15) is 141 Å². The Bertz CT molecular complexity index is 2170. The molecule has 4 fully saturated rings. The summed E-state index contributed by atoms with van der Waals surface area (Å²) < 4.78 is 12.6. The molecule has 320 valence electrons. The number of nitrogens with one attached hydrogen (secondary N) is 1. The van der Waals surface area contributed by atoms with Gasteiger partial charge < -0.3 is 45.1 Å². The molecule has 0 radical (unpaired) electrons. The van der Waals surface area contributed by atoms with Gasteiger partial charge in [-0.3, -0.25) is 0 Å². The highest BCUT2D eigenvalue weighted by atomic mass is 16.5. The van der Waals surface area contributed by atoms with E-state index in [4.69, 9.17) is 9.47 Å². The van der Waals surface area contributed by atoms with Gasteiger partial charge in [-0.05, 0) is 121 Å². The second-order valence-corrected chi connectivity index (χ2v) is 19.1. The molecular formula is C51H63NO8. The molecule has 11 atom stereocenters. The quantitative estimate of drug-likeness (QED) is 0.0651. The smallest absolute Gasteiger partial charge is 0.201 e. The number of hydrogen-bond donors (Lipinski definition) is 7. The van der Waals surface area contributed by atoms with Crippen LogP contribution in [0.2, 0.25) is 0 Å². The molecule has 3 saturated carbocycles. The molecule has 1 aliphatic heterocycles. The summed E-state index contributed by atoms with van der Waals surface area (Å²) in [5.74, 6) is 0.372. The summed E-state index contributed by atoms with van der Waals surface area (Å²) in [5, 5.41) is 69.1. The van der Waals surface area contributed by atoms with Crippen LogP contribution in [0.15, 0.2) is 79.1 Å². The van der Waals surface area contributed by atoms with Crippen LogP contribution in [0.3, 0.4) is 0 Å². The lowest BCUT2D eigenvalue weighted by Gasteiger charge is -2.54. The van der Waals surface area contributed by atoms with E-state index in [2.05, 4.69) is 60.5 Å². The van der Waals surface area contributed by atoms with Gasteiger partial charge in [-0.2, -0.15) is 0 Å². The summed E-state index contributed by atoms with van der Waals surface area (Å²) in [6.07, 6.45) is 17.6. The first-order valence-electron chi connectivity index (χ1n) is 22.5. The summed E-state index contributed by atoms with van der Waals surface area (Å²) in [5.41, 5.74) is 4.51. The molecule has 5 aliphatic rings. The summed E-state index contributed by atoms with van der Waals surface area (Å²) in [4.78, 5) is 3.07. The number of H-pyrrole nitrogens is 1. The topological polar surface area (TPSA) is 156 Å². The third-order valence-corrected chi connectivity index (χ3v) is 15.8. The van der Waals surface area contributed by atoms with Crippen molar-refractivity contribution < 1.29 is 40.1 Å². The van der Waals surface area contributed by atoms with Gasteiger partial charge in [0.2, 0.25) is 5.75 Å². The molecule has 0 amide bonds. The zero-order chi connectivity index (χ0) is 41.8. The molecule has 2 heterocycles. The van der Waals surface area contributed by atoms with Crippen molar-refractivity contribution in [3.8, 4) is 23.0 Å². The molecule has 3 aromatic carbocycles. The van der Waals surface area contributed by atoms with Crippen LogP contribution < -0.4 is 4.74 Å². The Balaban J connectivity index is 1.01. The van der Waals surface area contributed by atoms with Gasteiger partial charge in [-0.25, -0.2) is 0 Å². The Labute approximate surface area is 354 Å². The fourth-order valence-corrected chi connectivity index (χ4v) is 12.9. The lowest BCUT2D eigenvalue weighted by molar-refractivity contribution is -0.154. The van der Waals surface area contributed by atoms with Crippen molar-refractivity contribution >= 4 is 0 Å². The predicted octanol–water partition coefficient (Wildman–Crippen LogP) is 9.34. The standard InChI is InChI=1S/C51H63NO8/c1-30-11-15-41(51(58)20-17-35-10-6-7-19-50(35,29-51)34-8-4-3-5-9-34)37(22-30)38-24-32(13-16-42(38)54)33-12-14-36-43(55)26-45(60-44(36)25-33)46-39(23-31-18-21-52-27-31)49(59-2)48(57)47(56)40(46)28-53/h3-5,8-9,13,16-18,20-21,24,27,30,33,35-37,41,43-45,52-58H,6-7,10-12,14-15,19,22-23,25-26,28-29H2,1-2H3. The van der Waals surface area contributed by atoms with E-state index < -0.39 is 35.9 Å². The Morgan fingerprint density at radius 3 is 2.50 bits per heavy atom. The second kappa shape index (κ2) is 16.5. The van der Waals surface area contributed by atoms with E-state index >= 15 is 0 Å². The Morgan fingerprint density at radius 2 is 1.73 bits per heavy atom. The highest BCUT2D eigenvalue weighted by Gasteiger charge is 2.54. The fraction of sp³-hybridized carbons (Fsp3) is 0.529. The number of phenolic OH excluding ortho intramolecular Hbond substituents is 2. The van der Waals surface area contributed by atoms with Crippen molar-refractivity contribution in [2.45, 2.75) is 138 Å². The third-order valence-electron chi connectivity index (χ3n) is 15.8. The normalized spacial score (nSPS) is 34.1. The largest absolute Gasteiger partial charge is 0.508 e. The summed E-state index contributed by atoms with van der Waals surface area (Å²) in [6, 6.07) is 18.9. The maximum atomic E-state index is 13.0. The van der Waals surface area contributed by atoms with Crippen LogP contribution in [0.25, 0.3) is 0 Å². The molecule has 9 heteroatoms. The molecule has 4 aromatic rings. The van der Waals surface area contributed by atoms with Gasteiger partial charge in [0.25, 0.3) is 0 Å². The number of ether oxygens (including phenoxy) is 2. The van der Waals surface area contributed by atoms with Gasteiger partial charge in [0.15, 0.2) is 11.5 Å². The van der Waals surface area contributed by atoms with Gasteiger partial charge in [-0.1, -0.05) is 80.8 Å². The van der Waals surface area contributed by atoms with Gasteiger partial charge in [-0.15, -0.1) is 0 Å². The summed E-state index contributed by atoms with van der Waals surface area (Å²) in [6.45, 7) is 1.77. The minimum Gasteiger partial charge on any atom is -0.508 e. The van der Waals surface area contributed by atoms with Crippen molar-refractivity contribution in [2.24, 2.45) is 23.7 Å². The van der Waals surface area contributed by atoms with Gasteiger partial charge in [0.1, 0.15) is 5.75 Å². The number of rotatable bonds is 9. The van der Waals surface area contributed by atoms with Crippen LogP contribution in [-0.2, 0) is 23.2 Å². The summed E-state index contributed by atoms with van der Waals surface area (Å²) in [7, 11) is 1.44. The van der Waals surface area contributed by atoms with Crippen LogP contribution in [0.5, 0.6) is 23.0 Å². The molecule has 11 unspecified atom stereocenters. The van der Waals surface area contributed by atoms with Crippen molar-refractivity contribution in [3.63, 3.8) is 0 Å². The van der Waals surface area contributed by atoms with Crippen molar-refractivity contribution in [1.82, 2.24) is 4.98 Å². The van der Waals surface area contributed by atoms with E-state index in [1.54, 1.807) is 0 Å². The fourth-order valence-electron chi connectivity index (χ4n) is 12.9. The number of aliphatic hydroxyl groups excluding tert-OH is 2. The predicted molar refractivity (Wildman–Crippen MR) is 230 cm³/mol. The van der Waals surface area contributed by atoms with E-state index in [9.17, 15) is 30.6 Å². The van der Waals surface area contributed by atoms with Crippen molar-refractivity contribution in [3.05, 3.63) is 118 Å². The first kappa shape index (κ1) is 41.1. The van der Waals surface area contributed by atoms with Gasteiger partial charge in [0, 0.05) is 47.7 Å². The Morgan fingerprint density at radius 1 is 0.900 bits per heavy atom. The van der Waals surface area contributed by atoms with E-state index in [0.29, 0.717) is 42.2 Å². The minimum atomic E-state index is -1.01. The number of phenols is 3. The number of allylic oxidation sites excluding steroid dienone is 1. The molecule has 7 N–H and O–H groups in total. The Hall–Kier alpha value is -4.28. The number of aromatic amines is 1. The van der Waals surface area contributed by atoms with Crippen LogP contribution >= 0.6 is 0 Å². The molecular weight excluding hydrogens is 755 g/mol. The zero-order valence-corrected chi connectivity index (χ0v) is 35.1. The minimum absolute atomic E-state index is 0.0164. The summed E-state index contributed by atoms with van der Waals surface area (Å²) >= 11 is 0. The molecule has 1 saturated heterocycles. The number of aromatic hydroxyl groups is 3. The number of methoxy groups -OCH3 is 1. The van der Waals surface area contributed by atoms with Crippen molar-refractivity contribution in [1.29, 1.82) is 0 Å². The van der Waals surface area contributed by atoms with Crippen LogP contribution in [0, 0.1) is 23.7 Å². The maximum absolute atomic E-state index is 13.0. The van der Waals surface area contributed by atoms with E-state index in [-0.39, 0.29) is 58.7 Å². The second-order valence-electron chi connectivity index (χ2n) is 19.1. The lowest BCUT2D eigenvalue weighted by atomic mass is 9.52. The highest BCUT2D eigenvalue weighted by Crippen LogP contribution is 2.58. The first-order valence-corrected chi connectivity index (χ1v) is 22.5. The first-order chi connectivity index (χ1) is 29.0. The number of hydrogen-bond acceptors (Lipinski definition) is 8. The van der Waals surface area contributed by atoms with Crippen LogP contribution in [-0.4, -0.2) is 60.5 Å². The monoisotopic (exact) mass is 817 g/mol. The average molecular weight is 818 g/mol.